The average molecular weight is 281 g/mol. The summed E-state index contributed by atoms with van der Waals surface area (Å²) in [5.74, 6) is -0.110. The van der Waals surface area contributed by atoms with Crippen molar-refractivity contribution in [1.82, 2.24) is 0 Å². The summed E-state index contributed by atoms with van der Waals surface area (Å²) in [5.41, 5.74) is 10.7. The lowest BCUT2D eigenvalue weighted by molar-refractivity contribution is -0.117. The lowest BCUT2D eigenvalue weighted by Crippen LogP contribution is -2.14. The van der Waals surface area contributed by atoms with Crippen LogP contribution in [0, 0.1) is 0 Å². The summed E-state index contributed by atoms with van der Waals surface area (Å²) in [6.07, 6.45) is 0.690. The number of carbonyl (C=O) groups excluding carboxylic acids is 1. The van der Waals surface area contributed by atoms with Crippen LogP contribution in [0.3, 0.4) is 0 Å². The summed E-state index contributed by atoms with van der Waals surface area (Å²) in [6, 6.07) is 13.9. The zero-order chi connectivity index (χ0) is 15.0. The van der Waals surface area contributed by atoms with Crippen LogP contribution in [0.15, 0.2) is 42.5 Å². The molecule has 108 valence electrons. The molecule has 0 fully saturated rings. The largest absolute Gasteiger partial charge is 0.399 e. The van der Waals surface area contributed by atoms with Gasteiger partial charge in [0.15, 0.2) is 0 Å². The average Bonchev–Trinajstić information content (AvgIpc) is 2.76. The minimum absolute atomic E-state index is 0.0484. The molecule has 0 saturated heterocycles. The number of amides is 1. The Hall–Kier alpha value is -2.49. The van der Waals surface area contributed by atoms with Gasteiger partial charge < -0.3 is 16.0 Å². The Morgan fingerprint density at radius 2 is 1.86 bits per heavy atom. The number of hydrogen-bond acceptors (Lipinski definition) is 3. The first-order chi connectivity index (χ1) is 10.0. The number of fused-ring (bicyclic) bond motifs is 1. The van der Waals surface area contributed by atoms with Crippen molar-refractivity contribution >= 4 is 23.0 Å². The van der Waals surface area contributed by atoms with E-state index in [1.165, 1.54) is 0 Å². The zero-order valence-corrected chi connectivity index (χ0v) is 12.3. The summed E-state index contributed by atoms with van der Waals surface area (Å²) >= 11 is 0. The molecule has 1 unspecified atom stereocenters. The Balaban J connectivity index is 1.85. The van der Waals surface area contributed by atoms with Gasteiger partial charge in [-0.1, -0.05) is 12.1 Å². The SMILES string of the molecule is CN(C)c1ccc(CC2C(=O)Nc3ccc(N)cc32)cc1. The van der Waals surface area contributed by atoms with Crippen molar-refractivity contribution in [3.63, 3.8) is 0 Å². The number of nitrogens with two attached hydrogens (primary N) is 1. The van der Waals surface area contributed by atoms with Crippen molar-refractivity contribution in [2.75, 3.05) is 30.0 Å². The molecule has 4 heteroatoms. The molecule has 1 aliphatic heterocycles. The molecule has 0 spiro atoms. The summed E-state index contributed by atoms with van der Waals surface area (Å²) in [5, 5.41) is 2.92. The van der Waals surface area contributed by atoms with Crippen LogP contribution in [0.25, 0.3) is 0 Å². The van der Waals surface area contributed by atoms with Crippen LogP contribution in [0.2, 0.25) is 0 Å². The maximum Gasteiger partial charge on any atom is 0.232 e. The third kappa shape index (κ3) is 2.57. The molecule has 1 heterocycles. The molecule has 1 aliphatic rings. The van der Waals surface area contributed by atoms with Gasteiger partial charge in [0.05, 0.1) is 5.92 Å². The second-order valence-electron chi connectivity index (χ2n) is 5.65. The van der Waals surface area contributed by atoms with Crippen molar-refractivity contribution in [3.8, 4) is 0 Å². The Morgan fingerprint density at radius 3 is 2.52 bits per heavy atom. The Morgan fingerprint density at radius 1 is 1.14 bits per heavy atom. The number of hydrogen-bond donors (Lipinski definition) is 2. The molecule has 4 nitrogen and oxygen atoms in total. The molecular weight excluding hydrogens is 262 g/mol. The number of benzene rings is 2. The third-order valence-corrected chi connectivity index (χ3v) is 3.92. The van der Waals surface area contributed by atoms with Gasteiger partial charge in [-0.15, -0.1) is 0 Å². The quantitative estimate of drug-likeness (QED) is 0.850. The second kappa shape index (κ2) is 5.13. The van der Waals surface area contributed by atoms with E-state index in [-0.39, 0.29) is 11.8 Å². The van der Waals surface area contributed by atoms with Gasteiger partial charge in [-0.05, 0) is 47.9 Å². The summed E-state index contributed by atoms with van der Waals surface area (Å²) < 4.78 is 0. The van der Waals surface area contributed by atoms with E-state index in [0.717, 1.165) is 22.5 Å². The van der Waals surface area contributed by atoms with Crippen LogP contribution >= 0.6 is 0 Å². The van der Waals surface area contributed by atoms with Crippen LogP contribution in [-0.4, -0.2) is 20.0 Å². The van der Waals surface area contributed by atoms with E-state index in [1.807, 2.05) is 32.3 Å². The molecule has 0 bridgehead atoms. The van der Waals surface area contributed by atoms with Gasteiger partial charge in [0.25, 0.3) is 0 Å². The van der Waals surface area contributed by atoms with Crippen LogP contribution in [0.5, 0.6) is 0 Å². The molecule has 0 radical (unpaired) electrons. The molecule has 2 aromatic carbocycles. The molecule has 1 amide bonds. The van der Waals surface area contributed by atoms with E-state index in [0.29, 0.717) is 12.1 Å². The maximum atomic E-state index is 12.2. The summed E-state index contributed by atoms with van der Waals surface area (Å²) in [4.78, 5) is 14.2. The van der Waals surface area contributed by atoms with Crippen LogP contribution in [-0.2, 0) is 11.2 Å². The van der Waals surface area contributed by atoms with Crippen molar-refractivity contribution in [2.24, 2.45) is 0 Å². The summed E-state index contributed by atoms with van der Waals surface area (Å²) in [7, 11) is 4.02. The van der Waals surface area contributed by atoms with Crippen LogP contribution in [0.1, 0.15) is 17.0 Å². The smallest absolute Gasteiger partial charge is 0.232 e. The monoisotopic (exact) mass is 281 g/mol. The van der Waals surface area contributed by atoms with Gasteiger partial charge >= 0.3 is 0 Å². The highest BCUT2D eigenvalue weighted by Gasteiger charge is 2.30. The Bertz CT molecular complexity index is 677. The Labute approximate surface area is 124 Å². The standard InChI is InChI=1S/C17H19N3O/c1-20(2)13-6-3-11(4-7-13)9-15-14-10-12(18)5-8-16(14)19-17(15)21/h3-8,10,15H,9,18H2,1-2H3,(H,19,21). The first-order valence-corrected chi connectivity index (χ1v) is 7.01. The van der Waals surface area contributed by atoms with E-state index < -0.39 is 0 Å². The van der Waals surface area contributed by atoms with Crippen molar-refractivity contribution in [3.05, 3.63) is 53.6 Å². The first-order valence-electron chi connectivity index (χ1n) is 7.01. The van der Waals surface area contributed by atoms with Gasteiger partial charge in [-0.3, -0.25) is 4.79 Å². The molecule has 0 saturated carbocycles. The van der Waals surface area contributed by atoms with Gasteiger partial charge in [0.1, 0.15) is 0 Å². The highest BCUT2D eigenvalue weighted by molar-refractivity contribution is 6.03. The predicted octanol–water partition coefficient (Wildman–Crippen LogP) is 2.61. The molecule has 1 atom stereocenters. The second-order valence-corrected chi connectivity index (χ2v) is 5.65. The highest BCUT2D eigenvalue weighted by Crippen LogP contribution is 2.36. The molecule has 0 aliphatic carbocycles. The van der Waals surface area contributed by atoms with Crippen molar-refractivity contribution < 1.29 is 4.79 Å². The fraction of sp³-hybridized carbons (Fsp3) is 0.235. The van der Waals surface area contributed by atoms with E-state index in [1.54, 1.807) is 0 Å². The number of nitrogens with one attached hydrogen (secondary N) is 1. The minimum atomic E-state index is -0.159. The maximum absolute atomic E-state index is 12.2. The van der Waals surface area contributed by atoms with Gasteiger partial charge in [0, 0.05) is 31.2 Å². The number of anilines is 3. The zero-order valence-electron chi connectivity index (χ0n) is 12.3. The van der Waals surface area contributed by atoms with E-state index in [2.05, 4.69) is 34.5 Å². The summed E-state index contributed by atoms with van der Waals surface area (Å²) in [6.45, 7) is 0. The molecule has 2 aromatic rings. The first kappa shape index (κ1) is 13.5. The highest BCUT2D eigenvalue weighted by atomic mass is 16.2. The van der Waals surface area contributed by atoms with Gasteiger partial charge in [0.2, 0.25) is 5.91 Å². The van der Waals surface area contributed by atoms with Crippen molar-refractivity contribution in [2.45, 2.75) is 12.3 Å². The topological polar surface area (TPSA) is 58.4 Å². The molecule has 21 heavy (non-hydrogen) atoms. The number of nitrogens with zero attached hydrogens (tertiary/aromatic N) is 1. The third-order valence-electron chi connectivity index (χ3n) is 3.92. The predicted molar refractivity (Wildman–Crippen MR) is 86.7 cm³/mol. The molecule has 3 rings (SSSR count). The normalized spacial score (nSPS) is 16.5. The number of carbonyl (C=O) groups is 1. The van der Waals surface area contributed by atoms with Crippen LogP contribution in [0.4, 0.5) is 17.1 Å². The number of rotatable bonds is 3. The van der Waals surface area contributed by atoms with Gasteiger partial charge in [-0.2, -0.15) is 0 Å². The lowest BCUT2D eigenvalue weighted by atomic mass is 9.93. The lowest BCUT2D eigenvalue weighted by Gasteiger charge is -2.14. The number of nitrogen functional groups attached to an aromatic ring is 1. The van der Waals surface area contributed by atoms with E-state index >= 15 is 0 Å². The van der Waals surface area contributed by atoms with Gasteiger partial charge in [-0.25, -0.2) is 0 Å². The fourth-order valence-electron chi connectivity index (χ4n) is 2.71. The van der Waals surface area contributed by atoms with Crippen molar-refractivity contribution in [1.29, 1.82) is 0 Å². The fourth-order valence-corrected chi connectivity index (χ4v) is 2.71. The van der Waals surface area contributed by atoms with E-state index in [4.69, 9.17) is 5.73 Å². The van der Waals surface area contributed by atoms with E-state index in [9.17, 15) is 4.79 Å². The molecule has 0 aromatic heterocycles. The Kier molecular flexibility index (Phi) is 3.29. The molecular formula is C17H19N3O. The molecule has 3 N–H and O–H groups in total. The van der Waals surface area contributed by atoms with Crippen LogP contribution < -0.4 is 16.0 Å². The minimum Gasteiger partial charge on any atom is -0.399 e.